The molecule has 1 aromatic carbocycles. The van der Waals surface area contributed by atoms with Crippen molar-refractivity contribution in [1.82, 2.24) is 15.0 Å². The van der Waals surface area contributed by atoms with E-state index < -0.39 is 0 Å². The number of anilines is 1. The van der Waals surface area contributed by atoms with Gasteiger partial charge in [-0.2, -0.15) is 0 Å². The Bertz CT molecular complexity index is 708. The maximum absolute atomic E-state index is 5.97. The van der Waals surface area contributed by atoms with Crippen molar-refractivity contribution in [3.63, 3.8) is 0 Å². The van der Waals surface area contributed by atoms with Crippen LogP contribution in [0.3, 0.4) is 0 Å². The number of pyridine rings is 1. The summed E-state index contributed by atoms with van der Waals surface area (Å²) >= 11 is 0. The molecule has 0 amide bonds. The zero-order chi connectivity index (χ0) is 12.5. The Morgan fingerprint density at radius 1 is 1.17 bits per heavy atom. The number of nitrogens with two attached hydrogens (primary N) is 1. The number of benzene rings is 1. The van der Waals surface area contributed by atoms with Crippen LogP contribution in [0.15, 0.2) is 43.0 Å². The molecular weight excluding hydrogens is 224 g/mol. The van der Waals surface area contributed by atoms with E-state index in [1.165, 1.54) is 6.33 Å². The molecule has 0 aliphatic heterocycles. The molecule has 4 heteroatoms. The maximum atomic E-state index is 5.97. The lowest BCUT2D eigenvalue weighted by Gasteiger charge is -2.09. The van der Waals surface area contributed by atoms with Crippen LogP contribution in [0.5, 0.6) is 0 Å². The molecule has 88 valence electrons. The molecule has 3 aromatic rings. The highest BCUT2D eigenvalue weighted by Crippen LogP contribution is 2.31. The molecule has 0 unspecified atom stereocenters. The summed E-state index contributed by atoms with van der Waals surface area (Å²) in [6, 6.07) is 8.00. The summed E-state index contributed by atoms with van der Waals surface area (Å²) in [6.45, 7) is 2.04. The van der Waals surface area contributed by atoms with Gasteiger partial charge in [-0.25, -0.2) is 9.97 Å². The van der Waals surface area contributed by atoms with E-state index in [-0.39, 0.29) is 0 Å². The van der Waals surface area contributed by atoms with Crippen LogP contribution >= 0.6 is 0 Å². The van der Waals surface area contributed by atoms with Crippen LogP contribution in [0.25, 0.3) is 22.0 Å². The molecule has 0 saturated carbocycles. The summed E-state index contributed by atoms with van der Waals surface area (Å²) in [7, 11) is 0. The van der Waals surface area contributed by atoms with Gasteiger partial charge in [0.25, 0.3) is 0 Å². The Morgan fingerprint density at radius 2 is 2.06 bits per heavy atom. The molecule has 0 radical (unpaired) electrons. The molecule has 0 spiro atoms. The monoisotopic (exact) mass is 236 g/mol. The highest BCUT2D eigenvalue weighted by atomic mass is 14.9. The molecule has 18 heavy (non-hydrogen) atoms. The van der Waals surface area contributed by atoms with Gasteiger partial charge in [0.2, 0.25) is 0 Å². The van der Waals surface area contributed by atoms with Crippen LogP contribution < -0.4 is 5.73 Å². The largest absolute Gasteiger partial charge is 0.383 e. The van der Waals surface area contributed by atoms with Crippen LogP contribution in [-0.2, 0) is 0 Å². The lowest BCUT2D eigenvalue weighted by Crippen LogP contribution is -1.96. The first-order valence-electron chi connectivity index (χ1n) is 5.67. The van der Waals surface area contributed by atoms with Crippen LogP contribution in [0.4, 0.5) is 5.82 Å². The Labute approximate surface area is 105 Å². The normalized spacial score (nSPS) is 10.7. The van der Waals surface area contributed by atoms with Crippen LogP contribution in [0.1, 0.15) is 5.56 Å². The highest BCUT2D eigenvalue weighted by molar-refractivity contribution is 6.01. The van der Waals surface area contributed by atoms with Gasteiger partial charge in [-0.1, -0.05) is 12.1 Å². The van der Waals surface area contributed by atoms with E-state index in [1.807, 2.05) is 31.3 Å². The van der Waals surface area contributed by atoms with Gasteiger partial charge in [0, 0.05) is 18.0 Å². The second-order valence-electron chi connectivity index (χ2n) is 4.21. The summed E-state index contributed by atoms with van der Waals surface area (Å²) in [4.78, 5) is 12.5. The Balaban J connectivity index is 2.41. The lowest BCUT2D eigenvalue weighted by atomic mass is 10.00. The van der Waals surface area contributed by atoms with Crippen molar-refractivity contribution in [3.05, 3.63) is 48.5 Å². The summed E-state index contributed by atoms with van der Waals surface area (Å²) in [5, 5.41) is 0.885. The number of aromatic nitrogens is 3. The Kier molecular flexibility index (Phi) is 2.41. The first kappa shape index (κ1) is 10.7. The Hall–Kier alpha value is -2.49. The fourth-order valence-electron chi connectivity index (χ4n) is 2.11. The van der Waals surface area contributed by atoms with Gasteiger partial charge in [0.05, 0.1) is 10.9 Å². The predicted octanol–water partition coefficient (Wildman–Crippen LogP) is 2.58. The fourth-order valence-corrected chi connectivity index (χ4v) is 2.11. The van der Waals surface area contributed by atoms with E-state index in [1.54, 1.807) is 6.20 Å². The number of fused-ring (bicyclic) bond motifs is 1. The predicted molar refractivity (Wildman–Crippen MR) is 71.9 cm³/mol. The van der Waals surface area contributed by atoms with Gasteiger partial charge in [0.15, 0.2) is 0 Å². The SMILES string of the molecule is Cc1cc(-c2cccnc2)c2c(N)ncnc2c1. The van der Waals surface area contributed by atoms with Crippen molar-refractivity contribution in [3.8, 4) is 11.1 Å². The van der Waals surface area contributed by atoms with E-state index in [0.29, 0.717) is 5.82 Å². The topological polar surface area (TPSA) is 64.7 Å². The van der Waals surface area contributed by atoms with Crippen molar-refractivity contribution in [1.29, 1.82) is 0 Å². The lowest BCUT2D eigenvalue weighted by molar-refractivity contribution is 1.22. The zero-order valence-electron chi connectivity index (χ0n) is 9.96. The molecule has 0 aliphatic rings. The fraction of sp³-hybridized carbons (Fsp3) is 0.0714. The molecule has 0 aliphatic carbocycles. The maximum Gasteiger partial charge on any atom is 0.135 e. The van der Waals surface area contributed by atoms with Crippen LogP contribution in [-0.4, -0.2) is 15.0 Å². The van der Waals surface area contributed by atoms with Gasteiger partial charge < -0.3 is 5.73 Å². The summed E-state index contributed by atoms with van der Waals surface area (Å²) in [6.07, 6.45) is 5.06. The average molecular weight is 236 g/mol. The molecule has 0 fully saturated rings. The van der Waals surface area contributed by atoms with E-state index in [0.717, 1.165) is 27.6 Å². The second kappa shape index (κ2) is 4.07. The zero-order valence-corrected chi connectivity index (χ0v) is 9.96. The molecule has 2 heterocycles. The number of hydrogen-bond donors (Lipinski definition) is 1. The average Bonchev–Trinajstić information content (AvgIpc) is 2.39. The highest BCUT2D eigenvalue weighted by Gasteiger charge is 2.09. The molecule has 4 nitrogen and oxygen atoms in total. The minimum Gasteiger partial charge on any atom is -0.383 e. The van der Waals surface area contributed by atoms with Crippen LogP contribution in [0.2, 0.25) is 0 Å². The van der Waals surface area contributed by atoms with E-state index in [2.05, 4.69) is 21.0 Å². The smallest absolute Gasteiger partial charge is 0.135 e. The minimum absolute atomic E-state index is 0.499. The summed E-state index contributed by atoms with van der Waals surface area (Å²) in [5.74, 6) is 0.499. The summed E-state index contributed by atoms with van der Waals surface area (Å²) < 4.78 is 0. The first-order chi connectivity index (χ1) is 8.75. The third-order valence-electron chi connectivity index (χ3n) is 2.88. The Morgan fingerprint density at radius 3 is 2.83 bits per heavy atom. The summed E-state index contributed by atoms with van der Waals surface area (Å²) in [5.41, 5.74) is 10.0. The standard InChI is InChI=1S/C14H12N4/c1-9-5-11(10-3-2-4-16-7-10)13-12(6-9)17-8-18-14(13)15/h2-8H,1H3,(H2,15,17,18). The van der Waals surface area contributed by atoms with E-state index in [9.17, 15) is 0 Å². The molecule has 2 aromatic heterocycles. The number of nitrogen functional groups attached to an aromatic ring is 1. The van der Waals surface area contributed by atoms with E-state index >= 15 is 0 Å². The molecule has 0 atom stereocenters. The van der Waals surface area contributed by atoms with Crippen molar-refractivity contribution in [2.45, 2.75) is 6.92 Å². The second-order valence-corrected chi connectivity index (χ2v) is 4.21. The van der Waals surface area contributed by atoms with Crippen molar-refractivity contribution in [2.24, 2.45) is 0 Å². The molecule has 0 saturated heterocycles. The van der Waals surface area contributed by atoms with E-state index in [4.69, 9.17) is 5.73 Å². The van der Waals surface area contributed by atoms with Crippen LogP contribution in [0, 0.1) is 6.92 Å². The number of aryl methyl sites for hydroxylation is 1. The number of nitrogens with zero attached hydrogens (tertiary/aromatic N) is 3. The third-order valence-corrected chi connectivity index (χ3v) is 2.88. The van der Waals surface area contributed by atoms with Gasteiger partial charge in [-0.05, 0) is 30.2 Å². The number of hydrogen-bond acceptors (Lipinski definition) is 4. The quantitative estimate of drug-likeness (QED) is 0.705. The molecule has 3 rings (SSSR count). The van der Waals surface area contributed by atoms with Crippen molar-refractivity contribution < 1.29 is 0 Å². The van der Waals surface area contributed by atoms with Gasteiger partial charge >= 0.3 is 0 Å². The molecule has 0 bridgehead atoms. The van der Waals surface area contributed by atoms with Gasteiger partial charge in [-0.15, -0.1) is 0 Å². The van der Waals surface area contributed by atoms with Gasteiger partial charge in [0.1, 0.15) is 12.1 Å². The number of rotatable bonds is 1. The van der Waals surface area contributed by atoms with Crippen molar-refractivity contribution >= 4 is 16.7 Å². The third kappa shape index (κ3) is 1.68. The first-order valence-corrected chi connectivity index (χ1v) is 5.67. The van der Waals surface area contributed by atoms with Gasteiger partial charge in [-0.3, -0.25) is 4.98 Å². The molecule has 2 N–H and O–H groups in total. The van der Waals surface area contributed by atoms with Crippen molar-refractivity contribution in [2.75, 3.05) is 5.73 Å². The molecular formula is C14H12N4. The minimum atomic E-state index is 0.499.